The first-order valence-corrected chi connectivity index (χ1v) is 11.2. The number of imide groups is 1. The van der Waals surface area contributed by atoms with Gasteiger partial charge in [-0.2, -0.15) is 5.10 Å². The Morgan fingerprint density at radius 2 is 1.59 bits per heavy atom. The van der Waals surface area contributed by atoms with Crippen LogP contribution in [0.25, 0.3) is 0 Å². The molecule has 3 heterocycles. The number of carbonyl (C=O) groups excluding carboxylic acids is 4. The quantitative estimate of drug-likeness (QED) is 0.517. The molecule has 3 aliphatic heterocycles. The highest BCUT2D eigenvalue weighted by Crippen LogP contribution is 2.53. The normalized spacial score (nSPS) is 25.2. The fourth-order valence-electron chi connectivity index (χ4n) is 5.30. The van der Waals surface area contributed by atoms with E-state index in [-0.39, 0.29) is 17.0 Å². The Kier molecular flexibility index (Phi) is 4.93. The summed E-state index contributed by atoms with van der Waals surface area (Å²) in [5.74, 6) is -3.49. The molecule has 0 N–H and O–H groups in total. The number of hydrogen-bond donors (Lipinski definition) is 0. The fraction of sp³-hybridized carbons (Fsp3) is 0.346. The van der Waals surface area contributed by atoms with Crippen LogP contribution in [0.2, 0.25) is 0 Å². The summed E-state index contributed by atoms with van der Waals surface area (Å²) < 4.78 is 4.87. The van der Waals surface area contributed by atoms with Crippen LogP contribution >= 0.6 is 0 Å². The highest BCUT2D eigenvalue weighted by Gasteiger charge is 2.66. The van der Waals surface area contributed by atoms with Crippen molar-refractivity contribution in [1.29, 1.82) is 0 Å². The van der Waals surface area contributed by atoms with Gasteiger partial charge in [0.15, 0.2) is 5.78 Å². The molecule has 8 nitrogen and oxygen atoms in total. The Balaban J connectivity index is 1.68. The lowest BCUT2D eigenvalue weighted by molar-refractivity contribution is -0.136. The van der Waals surface area contributed by atoms with Gasteiger partial charge in [0.05, 0.1) is 42.5 Å². The zero-order valence-corrected chi connectivity index (χ0v) is 19.4. The van der Waals surface area contributed by atoms with Gasteiger partial charge in [-0.1, -0.05) is 57.2 Å². The van der Waals surface area contributed by atoms with E-state index in [0.29, 0.717) is 0 Å². The minimum Gasteiger partial charge on any atom is -0.465 e. The van der Waals surface area contributed by atoms with Crippen molar-refractivity contribution < 1.29 is 23.9 Å². The van der Waals surface area contributed by atoms with Gasteiger partial charge < -0.3 is 4.74 Å². The van der Waals surface area contributed by atoms with Crippen molar-refractivity contribution in [3.8, 4) is 0 Å². The van der Waals surface area contributed by atoms with Gasteiger partial charge in [-0.15, -0.1) is 0 Å². The summed E-state index contributed by atoms with van der Waals surface area (Å²) in [4.78, 5) is 54.9. The van der Waals surface area contributed by atoms with Crippen molar-refractivity contribution in [3.63, 3.8) is 0 Å². The van der Waals surface area contributed by atoms with Gasteiger partial charge >= 0.3 is 5.97 Å². The van der Waals surface area contributed by atoms with E-state index >= 15 is 0 Å². The molecule has 34 heavy (non-hydrogen) atoms. The van der Waals surface area contributed by atoms with Gasteiger partial charge in [0.2, 0.25) is 11.8 Å². The van der Waals surface area contributed by atoms with Crippen LogP contribution in [0.3, 0.4) is 0 Å². The van der Waals surface area contributed by atoms with Crippen LogP contribution in [0, 0.1) is 17.3 Å². The molecule has 8 heteroatoms. The lowest BCUT2D eigenvalue weighted by Gasteiger charge is -2.35. The van der Waals surface area contributed by atoms with Crippen LogP contribution in [0.15, 0.2) is 53.6 Å². The van der Waals surface area contributed by atoms with Crippen LogP contribution in [0.5, 0.6) is 0 Å². The van der Waals surface area contributed by atoms with Gasteiger partial charge in [0, 0.05) is 5.41 Å². The smallest absolute Gasteiger partial charge is 0.339 e. The summed E-state index contributed by atoms with van der Waals surface area (Å²) in [6.45, 7) is 5.39. The lowest BCUT2D eigenvalue weighted by atomic mass is 9.79. The number of carbonyl (C=O) groups is 4. The zero-order valence-electron chi connectivity index (χ0n) is 19.4. The first-order chi connectivity index (χ1) is 16.2. The van der Waals surface area contributed by atoms with Gasteiger partial charge in [-0.05, 0) is 23.3 Å². The Hall–Kier alpha value is -3.81. The molecule has 3 aliphatic rings. The third-order valence-electron chi connectivity index (χ3n) is 6.85. The van der Waals surface area contributed by atoms with Crippen molar-refractivity contribution in [2.45, 2.75) is 32.9 Å². The standard InChI is InChI=1S/C26H25N3O5/c1-26(2,3)22(30)21-19-18(20-15-10-6-5-9-14(15)13-27-29(20)21)23(31)28(24(19)32)17-12-8-7-11-16(17)25(33)34-4/h5-13,18-21H,1-4H3. The minimum absolute atomic E-state index is 0.115. The Labute approximate surface area is 197 Å². The van der Waals surface area contributed by atoms with Crippen LogP contribution in [-0.2, 0) is 19.1 Å². The molecule has 174 valence electrons. The second-order valence-corrected chi connectivity index (χ2v) is 9.83. The molecule has 0 aromatic heterocycles. The molecule has 4 unspecified atom stereocenters. The van der Waals surface area contributed by atoms with E-state index in [4.69, 9.17) is 4.74 Å². The van der Waals surface area contributed by atoms with Gasteiger partial charge in [-0.3, -0.25) is 19.4 Å². The summed E-state index contributed by atoms with van der Waals surface area (Å²) in [7, 11) is 1.24. The van der Waals surface area contributed by atoms with Crippen molar-refractivity contribution in [2.24, 2.45) is 22.4 Å². The van der Waals surface area contributed by atoms with Crippen molar-refractivity contribution in [2.75, 3.05) is 12.0 Å². The molecule has 4 atom stereocenters. The lowest BCUT2D eigenvalue weighted by Crippen LogP contribution is -2.48. The third kappa shape index (κ3) is 3.01. The number of fused-ring (bicyclic) bond motifs is 5. The van der Waals surface area contributed by atoms with E-state index in [9.17, 15) is 19.2 Å². The number of nitrogens with zero attached hydrogens (tertiary/aromatic N) is 3. The van der Waals surface area contributed by atoms with Crippen molar-refractivity contribution in [3.05, 3.63) is 65.2 Å². The van der Waals surface area contributed by atoms with E-state index in [1.807, 2.05) is 24.3 Å². The molecular formula is C26H25N3O5. The molecule has 2 aromatic carbocycles. The molecule has 0 radical (unpaired) electrons. The molecule has 2 aromatic rings. The van der Waals surface area contributed by atoms with Crippen LogP contribution in [0.1, 0.15) is 48.3 Å². The zero-order chi connectivity index (χ0) is 24.4. The Morgan fingerprint density at radius 1 is 0.941 bits per heavy atom. The van der Waals surface area contributed by atoms with E-state index in [0.717, 1.165) is 16.0 Å². The number of amides is 2. The minimum atomic E-state index is -0.918. The topological polar surface area (TPSA) is 96.3 Å². The summed E-state index contributed by atoms with van der Waals surface area (Å²) >= 11 is 0. The maximum Gasteiger partial charge on any atom is 0.339 e. The van der Waals surface area contributed by atoms with Crippen LogP contribution < -0.4 is 4.90 Å². The maximum atomic E-state index is 13.9. The molecule has 0 bridgehead atoms. The second kappa shape index (κ2) is 7.62. The van der Waals surface area contributed by atoms with E-state index < -0.39 is 47.1 Å². The number of ether oxygens (including phenoxy) is 1. The summed E-state index contributed by atoms with van der Waals surface area (Å²) in [5.41, 5.74) is 1.22. The summed E-state index contributed by atoms with van der Waals surface area (Å²) in [5, 5.41) is 6.19. The number of para-hydroxylation sites is 1. The largest absolute Gasteiger partial charge is 0.465 e. The highest BCUT2D eigenvalue weighted by molar-refractivity contribution is 6.25. The Morgan fingerprint density at radius 3 is 2.29 bits per heavy atom. The number of methoxy groups -OCH3 is 1. The number of anilines is 1. The van der Waals surface area contributed by atoms with Gasteiger partial charge in [0.1, 0.15) is 6.04 Å². The average molecular weight is 460 g/mol. The first kappa shape index (κ1) is 22.0. The number of hydrazone groups is 1. The molecule has 0 aliphatic carbocycles. The van der Waals surface area contributed by atoms with E-state index in [2.05, 4.69) is 5.10 Å². The van der Waals surface area contributed by atoms with Gasteiger partial charge in [0.25, 0.3) is 0 Å². The number of benzene rings is 2. The Bertz CT molecular complexity index is 1260. The number of hydrogen-bond acceptors (Lipinski definition) is 7. The monoisotopic (exact) mass is 459 g/mol. The maximum absolute atomic E-state index is 13.9. The SMILES string of the molecule is COC(=O)c1ccccc1N1C(=O)C2C(C1=O)C1c3ccccc3C=NN1C2C(=O)C(C)(C)C. The number of rotatable bonds is 3. The average Bonchev–Trinajstić information content (AvgIpc) is 3.30. The molecule has 2 fully saturated rings. The molecule has 0 saturated carbocycles. The highest BCUT2D eigenvalue weighted by atomic mass is 16.5. The number of Topliss-reactive ketones (excluding diaryl/α,β-unsaturated/α-hetero) is 1. The van der Waals surface area contributed by atoms with Gasteiger partial charge in [-0.25, -0.2) is 9.69 Å². The predicted octanol–water partition coefficient (Wildman–Crippen LogP) is 2.97. The first-order valence-electron chi connectivity index (χ1n) is 11.2. The van der Waals surface area contributed by atoms with Crippen molar-refractivity contribution in [1.82, 2.24) is 5.01 Å². The molecule has 2 saturated heterocycles. The third-order valence-corrected chi connectivity index (χ3v) is 6.85. The van der Waals surface area contributed by atoms with Crippen LogP contribution in [0.4, 0.5) is 5.69 Å². The molecule has 0 spiro atoms. The van der Waals surface area contributed by atoms with Crippen molar-refractivity contribution >= 4 is 35.5 Å². The molecule has 5 rings (SSSR count). The molecule has 2 amide bonds. The fourth-order valence-corrected chi connectivity index (χ4v) is 5.30. The number of ketones is 1. The van der Waals surface area contributed by atoms with E-state index in [1.165, 1.54) is 13.2 Å². The predicted molar refractivity (Wildman–Crippen MR) is 124 cm³/mol. The summed E-state index contributed by atoms with van der Waals surface area (Å²) in [6.07, 6.45) is 1.68. The molecular weight excluding hydrogens is 434 g/mol. The second-order valence-electron chi connectivity index (χ2n) is 9.83. The number of esters is 1. The van der Waals surface area contributed by atoms with E-state index in [1.54, 1.807) is 50.2 Å². The summed E-state index contributed by atoms with van der Waals surface area (Å²) in [6, 6.07) is 12.5. The van der Waals surface area contributed by atoms with Crippen LogP contribution in [-0.4, -0.2) is 47.9 Å².